The van der Waals surface area contributed by atoms with Crippen molar-refractivity contribution in [2.75, 3.05) is 0 Å². The average Bonchev–Trinajstić information content (AvgIpc) is 3.57. The van der Waals surface area contributed by atoms with Gasteiger partial charge in [0.1, 0.15) is 0 Å². The smallest absolute Gasteiger partial charge is 0.160 e. The SMILES string of the molecule is CC1(C)c2ccccc2-c2cccc(-c3cc(-c4ccccc4)cc(-c4ccc(-c5cc(-c6ccccc6-c6ccccc6)nc(-c6ccccc6)n5)c5ccccc45)c3)c21. The quantitative estimate of drug-likeness (QED) is 0.161. The van der Waals surface area contributed by atoms with Crippen molar-refractivity contribution in [1.82, 2.24) is 9.97 Å². The van der Waals surface area contributed by atoms with E-state index in [0.29, 0.717) is 5.82 Å². The van der Waals surface area contributed by atoms with Crippen LogP contribution >= 0.6 is 0 Å². The van der Waals surface area contributed by atoms with Crippen LogP contribution < -0.4 is 0 Å². The molecule has 0 unspecified atom stereocenters. The molecule has 1 aromatic heterocycles. The van der Waals surface area contributed by atoms with Crippen LogP contribution in [0.4, 0.5) is 0 Å². The molecule has 2 heteroatoms. The molecule has 10 aromatic rings. The van der Waals surface area contributed by atoms with E-state index in [1.165, 1.54) is 61.0 Å². The maximum Gasteiger partial charge on any atom is 0.160 e. The van der Waals surface area contributed by atoms with E-state index in [9.17, 15) is 0 Å². The Morgan fingerprint density at radius 2 is 0.770 bits per heavy atom. The van der Waals surface area contributed by atoms with Crippen LogP contribution in [0.1, 0.15) is 25.0 Å². The second-order valence-corrected chi connectivity index (χ2v) is 16.5. The first-order valence-corrected chi connectivity index (χ1v) is 21.1. The lowest BCUT2D eigenvalue weighted by Gasteiger charge is -2.25. The van der Waals surface area contributed by atoms with Crippen molar-refractivity contribution in [2.45, 2.75) is 19.3 Å². The summed E-state index contributed by atoms with van der Waals surface area (Å²) in [4.78, 5) is 10.6. The summed E-state index contributed by atoms with van der Waals surface area (Å²) in [6, 6.07) is 78.6. The van der Waals surface area contributed by atoms with E-state index in [-0.39, 0.29) is 5.41 Å². The van der Waals surface area contributed by atoms with Gasteiger partial charge in [0.2, 0.25) is 0 Å². The normalized spacial score (nSPS) is 12.6. The van der Waals surface area contributed by atoms with Gasteiger partial charge in [0, 0.05) is 22.1 Å². The van der Waals surface area contributed by atoms with Crippen LogP contribution in [-0.2, 0) is 5.41 Å². The van der Waals surface area contributed by atoms with E-state index >= 15 is 0 Å². The summed E-state index contributed by atoms with van der Waals surface area (Å²) in [5.74, 6) is 0.699. The molecule has 1 heterocycles. The van der Waals surface area contributed by atoms with Crippen molar-refractivity contribution < 1.29 is 0 Å². The Kier molecular flexibility index (Phi) is 8.86. The Hall–Kier alpha value is -7.68. The van der Waals surface area contributed by atoms with Crippen molar-refractivity contribution in [2.24, 2.45) is 0 Å². The molecule has 0 saturated heterocycles. The number of fused-ring (bicyclic) bond motifs is 4. The van der Waals surface area contributed by atoms with Gasteiger partial charge in [0.05, 0.1) is 11.4 Å². The molecule has 0 atom stereocenters. The fourth-order valence-electron chi connectivity index (χ4n) is 9.61. The maximum absolute atomic E-state index is 5.31. The van der Waals surface area contributed by atoms with E-state index in [1.807, 2.05) is 6.07 Å². The molecule has 288 valence electrons. The minimum atomic E-state index is -0.142. The van der Waals surface area contributed by atoms with Crippen LogP contribution in [-0.4, -0.2) is 9.97 Å². The molecule has 0 saturated carbocycles. The standard InChI is InChI=1S/C59H42N2/c1-59(2)54-32-17-16-28-50(54)53-31-18-30-47(57(53)59)44-36-42(39-19-6-3-7-20-39)35-43(37-44)46-33-34-52(49-27-14-13-26-48(46)49)56-38-55(60-58(61-56)41-23-10-5-11-24-41)51-29-15-12-25-45(51)40-21-8-4-9-22-40/h3-38H,1-2H3. The molecule has 0 radical (unpaired) electrons. The lowest BCUT2D eigenvalue weighted by atomic mass is 9.78. The third-order valence-corrected chi connectivity index (χ3v) is 12.5. The Bertz CT molecular complexity index is 3260. The fraction of sp³-hybridized carbons (Fsp3) is 0.0508. The van der Waals surface area contributed by atoms with E-state index in [4.69, 9.17) is 9.97 Å². The molecule has 61 heavy (non-hydrogen) atoms. The first kappa shape index (κ1) is 36.4. The van der Waals surface area contributed by atoms with Gasteiger partial charge in [-0.3, -0.25) is 0 Å². The van der Waals surface area contributed by atoms with Gasteiger partial charge < -0.3 is 0 Å². The molecule has 1 aliphatic rings. The van der Waals surface area contributed by atoms with Crippen LogP contribution in [0, 0.1) is 0 Å². The zero-order valence-corrected chi connectivity index (χ0v) is 34.2. The molecule has 2 nitrogen and oxygen atoms in total. The Balaban J connectivity index is 1.11. The zero-order valence-electron chi connectivity index (χ0n) is 34.2. The van der Waals surface area contributed by atoms with Crippen LogP contribution in [0.2, 0.25) is 0 Å². The molecule has 0 aliphatic heterocycles. The van der Waals surface area contributed by atoms with E-state index in [2.05, 4.69) is 226 Å². The largest absolute Gasteiger partial charge is 0.228 e. The monoisotopic (exact) mass is 778 g/mol. The Morgan fingerprint density at radius 1 is 0.295 bits per heavy atom. The zero-order chi connectivity index (χ0) is 40.9. The van der Waals surface area contributed by atoms with Crippen LogP contribution in [0.15, 0.2) is 218 Å². The maximum atomic E-state index is 5.31. The van der Waals surface area contributed by atoms with Crippen molar-refractivity contribution in [3.8, 4) is 89.5 Å². The highest BCUT2D eigenvalue weighted by atomic mass is 14.9. The molecule has 9 aromatic carbocycles. The predicted octanol–water partition coefficient (Wildman–Crippen LogP) is 15.6. The first-order chi connectivity index (χ1) is 30.0. The molecular weight excluding hydrogens is 737 g/mol. The van der Waals surface area contributed by atoms with Crippen molar-refractivity contribution in [3.05, 3.63) is 230 Å². The summed E-state index contributed by atoms with van der Waals surface area (Å²) < 4.78 is 0. The van der Waals surface area contributed by atoms with Gasteiger partial charge >= 0.3 is 0 Å². The van der Waals surface area contributed by atoms with Crippen LogP contribution in [0.3, 0.4) is 0 Å². The second-order valence-electron chi connectivity index (χ2n) is 16.5. The molecule has 0 N–H and O–H groups in total. The number of benzene rings is 9. The molecule has 11 rings (SSSR count). The molecular formula is C59H42N2. The molecule has 1 aliphatic carbocycles. The summed E-state index contributed by atoms with van der Waals surface area (Å²) in [5, 5.41) is 2.32. The first-order valence-electron chi connectivity index (χ1n) is 21.1. The second kappa shape index (κ2) is 14.9. The molecule has 0 amide bonds. The van der Waals surface area contributed by atoms with Gasteiger partial charge in [0.15, 0.2) is 5.82 Å². The van der Waals surface area contributed by atoms with Gasteiger partial charge in [-0.25, -0.2) is 9.97 Å². The molecule has 0 fully saturated rings. The molecule has 0 bridgehead atoms. The highest BCUT2D eigenvalue weighted by Crippen LogP contribution is 2.52. The van der Waals surface area contributed by atoms with Crippen LogP contribution in [0.5, 0.6) is 0 Å². The fourth-order valence-corrected chi connectivity index (χ4v) is 9.61. The number of nitrogens with zero attached hydrogens (tertiary/aromatic N) is 2. The van der Waals surface area contributed by atoms with Gasteiger partial charge in [-0.15, -0.1) is 0 Å². The van der Waals surface area contributed by atoms with Crippen molar-refractivity contribution in [3.63, 3.8) is 0 Å². The lowest BCUT2D eigenvalue weighted by molar-refractivity contribution is 0.662. The summed E-state index contributed by atoms with van der Waals surface area (Å²) in [5.41, 5.74) is 19.7. The highest BCUT2D eigenvalue weighted by molar-refractivity contribution is 6.06. The Labute approximate surface area is 357 Å². The van der Waals surface area contributed by atoms with Gasteiger partial charge in [-0.1, -0.05) is 208 Å². The topological polar surface area (TPSA) is 25.8 Å². The minimum absolute atomic E-state index is 0.142. The highest BCUT2D eigenvalue weighted by Gasteiger charge is 2.37. The van der Waals surface area contributed by atoms with Gasteiger partial charge in [0.25, 0.3) is 0 Å². The van der Waals surface area contributed by atoms with Gasteiger partial charge in [-0.05, 0) is 102 Å². The molecule has 0 spiro atoms. The Morgan fingerprint density at radius 3 is 1.48 bits per heavy atom. The number of rotatable bonds is 7. The van der Waals surface area contributed by atoms with E-state index < -0.39 is 0 Å². The minimum Gasteiger partial charge on any atom is -0.228 e. The predicted molar refractivity (Wildman–Crippen MR) is 255 cm³/mol. The number of aromatic nitrogens is 2. The summed E-state index contributed by atoms with van der Waals surface area (Å²) in [6.07, 6.45) is 0. The van der Waals surface area contributed by atoms with E-state index in [0.717, 1.165) is 44.6 Å². The third-order valence-electron chi connectivity index (χ3n) is 12.5. The lowest BCUT2D eigenvalue weighted by Crippen LogP contribution is -2.16. The third kappa shape index (κ3) is 6.36. The van der Waals surface area contributed by atoms with Crippen molar-refractivity contribution >= 4 is 10.8 Å². The van der Waals surface area contributed by atoms with Crippen LogP contribution in [0.25, 0.3) is 100 Å². The average molecular weight is 779 g/mol. The number of hydrogen-bond donors (Lipinski definition) is 0. The summed E-state index contributed by atoms with van der Waals surface area (Å²) in [6.45, 7) is 4.74. The van der Waals surface area contributed by atoms with Crippen molar-refractivity contribution in [1.29, 1.82) is 0 Å². The van der Waals surface area contributed by atoms with Gasteiger partial charge in [-0.2, -0.15) is 0 Å². The summed E-state index contributed by atoms with van der Waals surface area (Å²) >= 11 is 0. The van der Waals surface area contributed by atoms with E-state index in [1.54, 1.807) is 0 Å². The number of hydrogen-bond acceptors (Lipinski definition) is 2. The summed E-state index contributed by atoms with van der Waals surface area (Å²) in [7, 11) is 0.